The number of nitrogens with zero attached hydrogens (tertiary/aromatic N) is 1. The molecule has 0 amide bonds. The highest BCUT2D eigenvalue weighted by Gasteiger charge is 2.23. The first-order chi connectivity index (χ1) is 9.90. The van der Waals surface area contributed by atoms with Gasteiger partial charge in [0.2, 0.25) is 0 Å². The Morgan fingerprint density at radius 2 is 1.90 bits per heavy atom. The fourth-order valence-electron chi connectivity index (χ4n) is 3.78. The van der Waals surface area contributed by atoms with Crippen LogP contribution in [0.1, 0.15) is 46.7 Å². The van der Waals surface area contributed by atoms with Gasteiger partial charge in [-0.2, -0.15) is 0 Å². The van der Waals surface area contributed by atoms with E-state index in [0.29, 0.717) is 0 Å². The Hall–Kier alpha value is -1.12. The van der Waals surface area contributed by atoms with E-state index in [1.807, 2.05) is 11.3 Å². The van der Waals surface area contributed by atoms with Crippen LogP contribution < -0.4 is 0 Å². The van der Waals surface area contributed by atoms with Crippen molar-refractivity contribution in [2.75, 3.05) is 6.54 Å². The Morgan fingerprint density at radius 3 is 2.70 bits per heavy atom. The number of aryl methyl sites for hydroxylation is 1. The van der Waals surface area contributed by atoms with E-state index in [0.717, 1.165) is 19.0 Å². The molecule has 1 atom stereocenters. The quantitative estimate of drug-likeness (QED) is 0.797. The van der Waals surface area contributed by atoms with Crippen LogP contribution in [-0.2, 0) is 19.5 Å². The minimum absolute atomic E-state index is 0.814. The van der Waals surface area contributed by atoms with Crippen molar-refractivity contribution in [2.24, 2.45) is 0 Å². The van der Waals surface area contributed by atoms with Crippen LogP contribution in [0.5, 0.6) is 0 Å². The lowest BCUT2D eigenvalue weighted by Gasteiger charge is -2.25. The molecule has 104 valence electrons. The van der Waals surface area contributed by atoms with Crippen LogP contribution in [0.25, 0.3) is 0 Å². The van der Waals surface area contributed by atoms with Crippen molar-refractivity contribution in [2.45, 2.75) is 44.7 Å². The maximum Gasteiger partial charge on any atom is 0.0240 e. The maximum absolute atomic E-state index is 2.62. The first-order valence-corrected chi connectivity index (χ1v) is 8.63. The summed E-state index contributed by atoms with van der Waals surface area (Å²) in [6, 6.07) is 11.3. The van der Waals surface area contributed by atoms with Gasteiger partial charge in [-0.25, -0.2) is 0 Å². The highest BCUT2D eigenvalue weighted by Crippen LogP contribution is 2.37. The summed E-state index contributed by atoms with van der Waals surface area (Å²) in [5, 5.41) is 2.29. The first kappa shape index (κ1) is 12.6. The maximum atomic E-state index is 2.62. The Bertz CT molecular complexity index is 576. The van der Waals surface area contributed by atoms with E-state index in [1.165, 1.54) is 43.4 Å². The number of benzene rings is 1. The first-order valence-electron chi connectivity index (χ1n) is 7.75. The van der Waals surface area contributed by atoms with E-state index < -0.39 is 0 Å². The topological polar surface area (TPSA) is 3.24 Å². The molecule has 1 aliphatic carbocycles. The zero-order valence-electron chi connectivity index (χ0n) is 11.8. The SMILES string of the molecule is c1ccc2c(c1)CN(CCC1CCCc3sccc31)C2. The number of hydrogen-bond donors (Lipinski definition) is 0. The molecule has 0 fully saturated rings. The fraction of sp³-hybridized carbons (Fsp3) is 0.444. The molecule has 2 heterocycles. The summed E-state index contributed by atoms with van der Waals surface area (Å²) in [7, 11) is 0. The van der Waals surface area contributed by atoms with Gasteiger partial charge in [-0.3, -0.25) is 4.90 Å². The molecule has 2 aromatic rings. The molecule has 0 bridgehead atoms. The molecular weight excluding hydrogens is 262 g/mol. The van der Waals surface area contributed by atoms with Gasteiger partial charge < -0.3 is 0 Å². The third kappa shape index (κ3) is 2.32. The lowest BCUT2D eigenvalue weighted by atomic mass is 9.85. The monoisotopic (exact) mass is 283 g/mol. The summed E-state index contributed by atoms with van der Waals surface area (Å²) >= 11 is 1.96. The predicted octanol–water partition coefficient (Wildman–Crippen LogP) is 4.57. The van der Waals surface area contributed by atoms with Gasteiger partial charge in [-0.1, -0.05) is 24.3 Å². The second-order valence-corrected chi connectivity index (χ2v) is 7.16. The van der Waals surface area contributed by atoms with Gasteiger partial charge in [0.15, 0.2) is 0 Å². The van der Waals surface area contributed by atoms with Crippen LogP contribution in [-0.4, -0.2) is 11.4 Å². The average Bonchev–Trinajstić information content (AvgIpc) is 3.11. The fourth-order valence-corrected chi connectivity index (χ4v) is 4.79. The molecule has 1 nitrogen and oxygen atoms in total. The zero-order valence-corrected chi connectivity index (χ0v) is 12.7. The minimum Gasteiger partial charge on any atom is -0.295 e. The predicted molar refractivity (Wildman–Crippen MR) is 85.2 cm³/mol. The van der Waals surface area contributed by atoms with Crippen molar-refractivity contribution < 1.29 is 0 Å². The summed E-state index contributed by atoms with van der Waals surface area (Å²) in [6.45, 7) is 3.55. The number of rotatable bonds is 3. The van der Waals surface area contributed by atoms with Gasteiger partial charge in [0.05, 0.1) is 0 Å². The average molecular weight is 283 g/mol. The van der Waals surface area contributed by atoms with Crippen molar-refractivity contribution in [3.05, 3.63) is 57.3 Å². The van der Waals surface area contributed by atoms with E-state index in [-0.39, 0.29) is 0 Å². The lowest BCUT2D eigenvalue weighted by Crippen LogP contribution is -2.20. The Kier molecular flexibility index (Phi) is 3.37. The Morgan fingerprint density at radius 1 is 1.10 bits per heavy atom. The Balaban J connectivity index is 1.39. The van der Waals surface area contributed by atoms with Crippen LogP contribution in [0.3, 0.4) is 0 Å². The van der Waals surface area contributed by atoms with Crippen molar-refractivity contribution in [3.8, 4) is 0 Å². The molecule has 0 saturated heterocycles. The molecule has 0 spiro atoms. The molecule has 1 aliphatic heterocycles. The summed E-state index contributed by atoms with van der Waals surface area (Å²) in [6.07, 6.45) is 5.43. The van der Waals surface area contributed by atoms with Gasteiger partial charge in [0.1, 0.15) is 0 Å². The third-order valence-corrected chi connectivity index (χ3v) is 5.87. The molecule has 2 heteroatoms. The molecule has 2 aliphatic rings. The van der Waals surface area contributed by atoms with Gasteiger partial charge in [0.25, 0.3) is 0 Å². The smallest absolute Gasteiger partial charge is 0.0240 e. The zero-order chi connectivity index (χ0) is 13.4. The second-order valence-electron chi connectivity index (χ2n) is 6.16. The molecule has 20 heavy (non-hydrogen) atoms. The normalized spacial score (nSPS) is 21.7. The highest BCUT2D eigenvalue weighted by atomic mass is 32.1. The molecular formula is C18H21NS. The van der Waals surface area contributed by atoms with Crippen LogP contribution >= 0.6 is 11.3 Å². The van der Waals surface area contributed by atoms with E-state index >= 15 is 0 Å². The molecule has 0 radical (unpaired) electrons. The second kappa shape index (κ2) is 5.34. The number of fused-ring (bicyclic) bond motifs is 2. The van der Waals surface area contributed by atoms with E-state index in [4.69, 9.17) is 0 Å². The molecule has 4 rings (SSSR count). The van der Waals surface area contributed by atoms with Crippen LogP contribution in [0, 0.1) is 0 Å². The standard InChI is InChI=1S/C18H21NS/c1-2-5-16-13-19(12-15(16)4-1)10-8-14-6-3-7-18-17(14)9-11-20-18/h1-2,4-5,9,11,14H,3,6-8,10,12-13H2. The molecule has 1 unspecified atom stereocenters. The summed E-state index contributed by atoms with van der Waals surface area (Å²) in [4.78, 5) is 4.27. The molecule has 0 N–H and O–H groups in total. The summed E-state index contributed by atoms with van der Waals surface area (Å²) < 4.78 is 0. The summed E-state index contributed by atoms with van der Waals surface area (Å²) in [5.74, 6) is 0.814. The van der Waals surface area contributed by atoms with Crippen molar-refractivity contribution >= 4 is 11.3 Å². The van der Waals surface area contributed by atoms with Crippen LogP contribution in [0.4, 0.5) is 0 Å². The van der Waals surface area contributed by atoms with Crippen LogP contribution in [0.15, 0.2) is 35.7 Å². The van der Waals surface area contributed by atoms with Crippen LogP contribution in [0.2, 0.25) is 0 Å². The van der Waals surface area contributed by atoms with Gasteiger partial charge in [-0.15, -0.1) is 11.3 Å². The number of hydrogen-bond acceptors (Lipinski definition) is 2. The van der Waals surface area contributed by atoms with E-state index in [1.54, 1.807) is 10.4 Å². The third-order valence-electron chi connectivity index (χ3n) is 4.88. The van der Waals surface area contributed by atoms with Gasteiger partial charge in [0, 0.05) is 18.0 Å². The molecule has 1 aromatic heterocycles. The largest absolute Gasteiger partial charge is 0.295 e. The highest BCUT2D eigenvalue weighted by molar-refractivity contribution is 7.10. The Labute approximate surface area is 125 Å². The molecule has 0 saturated carbocycles. The minimum atomic E-state index is 0.814. The van der Waals surface area contributed by atoms with Crippen molar-refractivity contribution in [1.29, 1.82) is 0 Å². The summed E-state index contributed by atoms with van der Waals surface area (Å²) in [5.41, 5.74) is 4.73. The molecule has 1 aromatic carbocycles. The van der Waals surface area contributed by atoms with Gasteiger partial charge in [-0.05, 0) is 66.3 Å². The van der Waals surface area contributed by atoms with Crippen molar-refractivity contribution in [1.82, 2.24) is 4.90 Å². The van der Waals surface area contributed by atoms with E-state index in [2.05, 4.69) is 40.6 Å². The number of thiophene rings is 1. The van der Waals surface area contributed by atoms with E-state index in [9.17, 15) is 0 Å². The lowest BCUT2D eigenvalue weighted by molar-refractivity contribution is 0.267. The van der Waals surface area contributed by atoms with Crippen molar-refractivity contribution in [3.63, 3.8) is 0 Å². The van der Waals surface area contributed by atoms with Gasteiger partial charge >= 0.3 is 0 Å².